The van der Waals surface area contributed by atoms with Gasteiger partial charge in [0.2, 0.25) is 0 Å². The molecular formula is C34H41N3O4. The van der Waals surface area contributed by atoms with Gasteiger partial charge < -0.3 is 24.8 Å². The third-order valence-electron chi connectivity index (χ3n) is 8.70. The SMILES string of the molecule is O=C(Nc1ccc([C@@H]2O[C@H](CN3CCC[C@H]3CN3CCCC3)C[C@H](c3ccc(CO)cc3)O2)cc1)c1ccccc1. The number of aliphatic hydroxyl groups excluding tert-OH is 1. The molecule has 41 heavy (non-hydrogen) atoms. The van der Waals surface area contributed by atoms with Gasteiger partial charge in [0.25, 0.3) is 5.91 Å². The van der Waals surface area contributed by atoms with Crippen LogP contribution in [0.15, 0.2) is 78.9 Å². The van der Waals surface area contributed by atoms with Crippen molar-refractivity contribution < 1.29 is 19.4 Å². The summed E-state index contributed by atoms with van der Waals surface area (Å²) < 4.78 is 13.2. The summed E-state index contributed by atoms with van der Waals surface area (Å²) in [5, 5.41) is 12.5. The minimum Gasteiger partial charge on any atom is -0.392 e. The van der Waals surface area contributed by atoms with E-state index in [9.17, 15) is 9.90 Å². The molecule has 3 aliphatic heterocycles. The summed E-state index contributed by atoms with van der Waals surface area (Å²) in [4.78, 5) is 17.9. The summed E-state index contributed by atoms with van der Waals surface area (Å²) in [6.45, 7) is 5.67. The van der Waals surface area contributed by atoms with Crippen molar-refractivity contribution >= 4 is 11.6 Å². The minimum atomic E-state index is -0.505. The van der Waals surface area contributed by atoms with Gasteiger partial charge in [0, 0.05) is 42.4 Å². The van der Waals surface area contributed by atoms with Gasteiger partial charge in [0.05, 0.1) is 18.8 Å². The van der Waals surface area contributed by atoms with Crippen LogP contribution in [0.4, 0.5) is 5.69 Å². The van der Waals surface area contributed by atoms with E-state index in [1.807, 2.05) is 54.6 Å². The first-order valence-electron chi connectivity index (χ1n) is 15.1. The van der Waals surface area contributed by atoms with E-state index in [4.69, 9.17) is 9.47 Å². The molecule has 216 valence electrons. The summed E-state index contributed by atoms with van der Waals surface area (Å²) in [5.74, 6) is -0.135. The molecule has 0 radical (unpaired) electrons. The van der Waals surface area contributed by atoms with Gasteiger partial charge in [-0.05, 0) is 80.7 Å². The van der Waals surface area contributed by atoms with E-state index in [1.165, 1.54) is 38.8 Å². The van der Waals surface area contributed by atoms with Crippen LogP contribution in [0.1, 0.15) is 71.5 Å². The van der Waals surface area contributed by atoms with E-state index in [-0.39, 0.29) is 24.7 Å². The topological polar surface area (TPSA) is 74.3 Å². The summed E-state index contributed by atoms with van der Waals surface area (Å²) in [6.07, 6.45) is 5.35. The molecule has 7 nitrogen and oxygen atoms in total. The first-order chi connectivity index (χ1) is 20.1. The third-order valence-corrected chi connectivity index (χ3v) is 8.70. The lowest BCUT2D eigenvalue weighted by Crippen LogP contribution is -2.45. The molecule has 0 unspecified atom stereocenters. The number of carbonyl (C=O) groups excluding carboxylic acids is 1. The molecule has 4 atom stereocenters. The standard InChI is InChI=1S/C34H41N3O4/c38-24-25-10-12-26(13-11-25)32-21-31(23-37-20-6-9-30(37)22-36-18-4-5-19-36)40-34(41-32)28-14-16-29(17-15-28)35-33(39)27-7-2-1-3-8-27/h1-3,7-8,10-17,30-32,34,38H,4-6,9,18-24H2,(H,35,39)/t30-,31-,32+,34+/m0/s1. The summed E-state index contributed by atoms with van der Waals surface area (Å²) in [5.41, 5.74) is 4.27. The van der Waals surface area contributed by atoms with Gasteiger partial charge >= 0.3 is 0 Å². The van der Waals surface area contributed by atoms with Gasteiger partial charge in [-0.15, -0.1) is 0 Å². The molecule has 0 aromatic heterocycles. The van der Waals surface area contributed by atoms with E-state index in [0.717, 1.165) is 48.4 Å². The Morgan fingerprint density at radius 2 is 1.56 bits per heavy atom. The van der Waals surface area contributed by atoms with Crippen molar-refractivity contribution in [1.29, 1.82) is 0 Å². The smallest absolute Gasteiger partial charge is 0.255 e. The number of rotatable bonds is 9. The molecular weight excluding hydrogens is 514 g/mol. The molecule has 3 fully saturated rings. The number of benzene rings is 3. The fourth-order valence-corrected chi connectivity index (χ4v) is 6.42. The highest BCUT2D eigenvalue weighted by Crippen LogP contribution is 2.39. The van der Waals surface area contributed by atoms with Crippen LogP contribution in [0.3, 0.4) is 0 Å². The second kappa shape index (κ2) is 13.3. The maximum absolute atomic E-state index is 12.6. The molecule has 0 spiro atoms. The van der Waals surface area contributed by atoms with Gasteiger partial charge in [-0.25, -0.2) is 0 Å². The second-order valence-corrected chi connectivity index (χ2v) is 11.6. The van der Waals surface area contributed by atoms with Crippen LogP contribution in [0.5, 0.6) is 0 Å². The minimum absolute atomic E-state index is 0.0285. The normalized spacial score (nSPS) is 25.4. The van der Waals surface area contributed by atoms with Gasteiger partial charge in [0.15, 0.2) is 6.29 Å². The molecule has 3 aliphatic rings. The Bertz CT molecular complexity index is 1260. The molecule has 3 aromatic rings. The van der Waals surface area contributed by atoms with Crippen LogP contribution in [-0.4, -0.2) is 65.7 Å². The van der Waals surface area contributed by atoms with E-state index >= 15 is 0 Å². The maximum Gasteiger partial charge on any atom is 0.255 e. The zero-order chi connectivity index (χ0) is 28.0. The summed E-state index contributed by atoms with van der Waals surface area (Å²) >= 11 is 0. The van der Waals surface area contributed by atoms with E-state index in [1.54, 1.807) is 12.1 Å². The largest absolute Gasteiger partial charge is 0.392 e. The Hall–Kier alpha value is -3.07. The summed E-state index contributed by atoms with van der Waals surface area (Å²) in [6, 6.07) is 25.6. The zero-order valence-electron chi connectivity index (χ0n) is 23.7. The highest BCUT2D eigenvalue weighted by Gasteiger charge is 2.36. The number of aliphatic hydroxyl groups is 1. The predicted octanol–water partition coefficient (Wildman–Crippen LogP) is 5.54. The van der Waals surface area contributed by atoms with Gasteiger partial charge in [-0.3, -0.25) is 9.69 Å². The Labute approximate surface area is 243 Å². The molecule has 1 amide bonds. The van der Waals surface area contributed by atoms with Crippen molar-refractivity contribution in [3.05, 3.63) is 101 Å². The van der Waals surface area contributed by atoms with E-state index in [2.05, 4.69) is 27.2 Å². The van der Waals surface area contributed by atoms with Crippen LogP contribution in [0, 0.1) is 0 Å². The molecule has 2 N–H and O–H groups in total. The Morgan fingerprint density at radius 1 is 0.829 bits per heavy atom. The first kappa shape index (κ1) is 28.1. The number of carbonyl (C=O) groups is 1. The average molecular weight is 556 g/mol. The van der Waals surface area contributed by atoms with Crippen molar-refractivity contribution in [1.82, 2.24) is 9.80 Å². The van der Waals surface area contributed by atoms with E-state index < -0.39 is 6.29 Å². The fraction of sp³-hybridized carbons (Fsp3) is 0.441. The molecule has 6 rings (SSSR count). The van der Waals surface area contributed by atoms with Crippen LogP contribution in [0.2, 0.25) is 0 Å². The molecule has 0 aliphatic carbocycles. The van der Waals surface area contributed by atoms with Gasteiger partial charge in [-0.1, -0.05) is 54.6 Å². The van der Waals surface area contributed by atoms with Crippen molar-refractivity contribution in [3.8, 4) is 0 Å². The van der Waals surface area contributed by atoms with Gasteiger partial charge in [0.1, 0.15) is 0 Å². The quantitative estimate of drug-likeness (QED) is 0.361. The molecule has 3 heterocycles. The number of anilines is 1. The van der Waals surface area contributed by atoms with Gasteiger partial charge in [-0.2, -0.15) is 0 Å². The zero-order valence-corrected chi connectivity index (χ0v) is 23.7. The first-order valence-corrected chi connectivity index (χ1v) is 15.1. The molecule has 0 saturated carbocycles. The second-order valence-electron chi connectivity index (χ2n) is 11.6. The number of nitrogens with zero attached hydrogens (tertiary/aromatic N) is 2. The van der Waals surface area contributed by atoms with Crippen molar-refractivity contribution in [2.24, 2.45) is 0 Å². The van der Waals surface area contributed by atoms with E-state index in [0.29, 0.717) is 11.6 Å². The number of amides is 1. The van der Waals surface area contributed by atoms with Crippen LogP contribution in [0.25, 0.3) is 0 Å². The van der Waals surface area contributed by atoms with Crippen LogP contribution >= 0.6 is 0 Å². The lowest BCUT2D eigenvalue weighted by atomic mass is 9.99. The average Bonchev–Trinajstić information content (AvgIpc) is 3.70. The molecule has 3 aromatic carbocycles. The molecule has 3 saturated heterocycles. The van der Waals surface area contributed by atoms with Crippen LogP contribution in [-0.2, 0) is 16.1 Å². The third kappa shape index (κ3) is 7.05. The highest BCUT2D eigenvalue weighted by molar-refractivity contribution is 6.04. The highest BCUT2D eigenvalue weighted by atomic mass is 16.7. The number of likely N-dealkylation sites (tertiary alicyclic amines) is 2. The monoisotopic (exact) mass is 555 g/mol. The Kier molecular flexibility index (Phi) is 9.09. The number of hydrogen-bond acceptors (Lipinski definition) is 6. The van der Waals surface area contributed by atoms with Crippen molar-refractivity contribution in [2.45, 2.75) is 63.3 Å². The number of hydrogen-bond donors (Lipinski definition) is 2. The predicted molar refractivity (Wildman–Crippen MR) is 160 cm³/mol. The lowest BCUT2D eigenvalue weighted by Gasteiger charge is -2.39. The van der Waals surface area contributed by atoms with Crippen molar-refractivity contribution in [2.75, 3.05) is 38.0 Å². The molecule has 0 bridgehead atoms. The Morgan fingerprint density at radius 3 is 2.29 bits per heavy atom. The fourth-order valence-electron chi connectivity index (χ4n) is 6.42. The number of nitrogens with one attached hydrogen (secondary N) is 1. The lowest BCUT2D eigenvalue weighted by molar-refractivity contribution is -0.253. The summed E-state index contributed by atoms with van der Waals surface area (Å²) in [7, 11) is 0. The van der Waals surface area contributed by atoms with Crippen LogP contribution < -0.4 is 5.32 Å². The number of ether oxygens (including phenoxy) is 2. The van der Waals surface area contributed by atoms with Crippen molar-refractivity contribution in [3.63, 3.8) is 0 Å². The Balaban J connectivity index is 1.16. The molecule has 7 heteroatoms. The maximum atomic E-state index is 12.6.